The van der Waals surface area contributed by atoms with Gasteiger partial charge in [-0.3, -0.25) is 0 Å². The molecule has 0 N–H and O–H groups in total. The number of unbranched alkanes of at least 4 members (excludes halogenated alkanes) is 9. The van der Waals surface area contributed by atoms with E-state index >= 15 is 0 Å². The summed E-state index contributed by atoms with van der Waals surface area (Å²) < 4.78 is 11.6. The van der Waals surface area contributed by atoms with Gasteiger partial charge in [0, 0.05) is 14.2 Å². The van der Waals surface area contributed by atoms with E-state index in [9.17, 15) is 0 Å². The Balaban J connectivity index is 3.58. The topological polar surface area (TPSA) is 18.5 Å². The molecule has 0 spiro atoms. The Labute approximate surface area is 128 Å². The zero-order chi connectivity index (χ0) is 15.1. The Kier molecular flexibility index (Phi) is 14.2. The van der Waals surface area contributed by atoms with Crippen molar-refractivity contribution >= 4 is 8.56 Å². The van der Waals surface area contributed by atoms with Gasteiger partial charge in [0.1, 0.15) is 0 Å². The van der Waals surface area contributed by atoms with Crippen LogP contribution < -0.4 is 0 Å². The van der Waals surface area contributed by atoms with Gasteiger partial charge in [-0.2, -0.15) is 0 Å². The highest BCUT2D eigenvalue weighted by Gasteiger charge is 2.33. The van der Waals surface area contributed by atoms with Crippen LogP contribution in [0.25, 0.3) is 0 Å². The molecule has 0 aromatic rings. The van der Waals surface area contributed by atoms with Gasteiger partial charge >= 0.3 is 8.56 Å². The van der Waals surface area contributed by atoms with Crippen molar-refractivity contribution in [2.75, 3.05) is 14.2 Å². The van der Waals surface area contributed by atoms with E-state index in [1.165, 1.54) is 76.7 Å². The lowest BCUT2D eigenvalue weighted by Crippen LogP contribution is -2.39. The molecule has 0 saturated heterocycles. The van der Waals surface area contributed by atoms with Gasteiger partial charge in [0.05, 0.1) is 0 Å². The van der Waals surface area contributed by atoms with Crippen molar-refractivity contribution in [2.45, 2.75) is 96.6 Å². The average molecular weight is 303 g/mol. The molecule has 0 aliphatic rings. The molecule has 0 heterocycles. The predicted molar refractivity (Wildman–Crippen MR) is 91.5 cm³/mol. The maximum atomic E-state index is 5.78. The fraction of sp³-hybridized carbons (Fsp3) is 1.00. The summed E-state index contributed by atoms with van der Waals surface area (Å²) in [6.07, 6.45) is 14.9. The SMILES string of the molecule is CCCCCCCCCCC[Si](CCCC)(OC)OC. The summed E-state index contributed by atoms with van der Waals surface area (Å²) in [7, 11) is 1.84. The molecule has 0 aromatic carbocycles. The van der Waals surface area contributed by atoms with Crippen molar-refractivity contribution in [2.24, 2.45) is 0 Å². The highest BCUT2D eigenvalue weighted by molar-refractivity contribution is 6.67. The predicted octanol–water partition coefficient (Wildman–Crippen LogP) is 6.05. The molecule has 3 heteroatoms. The third-order valence-electron chi connectivity index (χ3n) is 4.32. The van der Waals surface area contributed by atoms with Crippen LogP contribution in [0.1, 0.15) is 84.5 Å². The third-order valence-corrected chi connectivity index (χ3v) is 8.04. The first kappa shape index (κ1) is 20.1. The van der Waals surface area contributed by atoms with E-state index in [1.54, 1.807) is 0 Å². The van der Waals surface area contributed by atoms with Crippen LogP contribution in [-0.4, -0.2) is 22.8 Å². The fourth-order valence-electron chi connectivity index (χ4n) is 2.77. The maximum Gasteiger partial charge on any atom is 0.337 e. The largest absolute Gasteiger partial charge is 0.398 e. The highest BCUT2D eigenvalue weighted by atomic mass is 28.4. The summed E-state index contributed by atoms with van der Waals surface area (Å²) in [5.41, 5.74) is 0. The van der Waals surface area contributed by atoms with Crippen molar-refractivity contribution in [3.05, 3.63) is 0 Å². The molecule has 0 saturated carbocycles. The highest BCUT2D eigenvalue weighted by Crippen LogP contribution is 2.24. The zero-order valence-corrected chi connectivity index (χ0v) is 15.5. The van der Waals surface area contributed by atoms with Gasteiger partial charge in [-0.05, 0) is 12.1 Å². The molecule has 2 nitrogen and oxygen atoms in total. The van der Waals surface area contributed by atoms with Gasteiger partial charge in [0.25, 0.3) is 0 Å². The van der Waals surface area contributed by atoms with Gasteiger partial charge in [-0.1, -0.05) is 84.5 Å². The number of rotatable bonds is 15. The van der Waals surface area contributed by atoms with Crippen molar-refractivity contribution in [1.82, 2.24) is 0 Å². The van der Waals surface area contributed by atoms with Crippen molar-refractivity contribution in [3.8, 4) is 0 Å². The van der Waals surface area contributed by atoms with Gasteiger partial charge in [0.15, 0.2) is 0 Å². The van der Waals surface area contributed by atoms with Crippen LogP contribution >= 0.6 is 0 Å². The molecule has 0 radical (unpaired) electrons. The summed E-state index contributed by atoms with van der Waals surface area (Å²) in [5.74, 6) is 0. The van der Waals surface area contributed by atoms with E-state index in [1.807, 2.05) is 14.2 Å². The molecule has 0 fully saturated rings. The minimum atomic E-state index is -1.85. The van der Waals surface area contributed by atoms with Gasteiger partial charge in [-0.25, -0.2) is 0 Å². The second kappa shape index (κ2) is 14.1. The zero-order valence-electron chi connectivity index (χ0n) is 14.5. The minimum Gasteiger partial charge on any atom is -0.398 e. The molecule has 0 aliphatic carbocycles. The average Bonchev–Trinajstić information content (AvgIpc) is 2.49. The summed E-state index contributed by atoms with van der Waals surface area (Å²) in [6.45, 7) is 4.52. The molecular weight excluding hydrogens is 264 g/mol. The quantitative estimate of drug-likeness (QED) is 0.271. The van der Waals surface area contributed by atoms with Gasteiger partial charge < -0.3 is 8.85 Å². The third kappa shape index (κ3) is 9.95. The Morgan fingerprint density at radius 3 is 1.40 bits per heavy atom. The molecule has 0 rings (SSSR count). The first-order valence-electron chi connectivity index (χ1n) is 8.85. The van der Waals surface area contributed by atoms with Gasteiger partial charge in [0.2, 0.25) is 0 Å². The summed E-state index contributed by atoms with van der Waals surface area (Å²) in [4.78, 5) is 0. The number of hydrogen-bond donors (Lipinski definition) is 0. The second-order valence-electron chi connectivity index (χ2n) is 6.00. The van der Waals surface area contributed by atoms with Crippen LogP contribution in [0.15, 0.2) is 0 Å². The lowest BCUT2D eigenvalue weighted by Gasteiger charge is -2.27. The molecule has 0 unspecified atom stereocenters. The van der Waals surface area contributed by atoms with Crippen LogP contribution in [0, 0.1) is 0 Å². The number of hydrogen-bond acceptors (Lipinski definition) is 2. The normalized spacial score (nSPS) is 12.0. The molecule has 122 valence electrons. The lowest BCUT2D eigenvalue weighted by atomic mass is 10.1. The Bertz CT molecular complexity index is 193. The first-order chi connectivity index (χ1) is 9.74. The molecule has 0 atom stereocenters. The van der Waals surface area contributed by atoms with E-state index in [4.69, 9.17) is 8.85 Å². The fourth-order valence-corrected chi connectivity index (χ4v) is 5.68. The molecule has 0 aliphatic heterocycles. The maximum absolute atomic E-state index is 5.78. The van der Waals surface area contributed by atoms with Crippen LogP contribution in [-0.2, 0) is 8.85 Å². The Morgan fingerprint density at radius 2 is 0.950 bits per heavy atom. The molecule has 0 bridgehead atoms. The second-order valence-corrected chi connectivity index (χ2v) is 9.64. The van der Waals surface area contributed by atoms with E-state index in [2.05, 4.69) is 13.8 Å². The molecule has 0 amide bonds. The minimum absolute atomic E-state index is 1.16. The van der Waals surface area contributed by atoms with Crippen LogP contribution in [0.2, 0.25) is 12.1 Å². The van der Waals surface area contributed by atoms with E-state index in [0.29, 0.717) is 0 Å². The van der Waals surface area contributed by atoms with Crippen molar-refractivity contribution < 1.29 is 8.85 Å². The van der Waals surface area contributed by atoms with Crippen LogP contribution in [0.3, 0.4) is 0 Å². The van der Waals surface area contributed by atoms with Crippen LogP contribution in [0.4, 0.5) is 0 Å². The molecule has 0 aromatic heterocycles. The smallest absolute Gasteiger partial charge is 0.337 e. The monoisotopic (exact) mass is 302 g/mol. The first-order valence-corrected chi connectivity index (χ1v) is 11.1. The van der Waals surface area contributed by atoms with Gasteiger partial charge in [-0.15, -0.1) is 0 Å². The molecular formula is C17H38O2Si. The van der Waals surface area contributed by atoms with E-state index < -0.39 is 8.56 Å². The van der Waals surface area contributed by atoms with Crippen molar-refractivity contribution in [3.63, 3.8) is 0 Å². The van der Waals surface area contributed by atoms with E-state index in [0.717, 1.165) is 6.04 Å². The Hall–Kier alpha value is 0.137. The summed E-state index contributed by atoms with van der Waals surface area (Å²) >= 11 is 0. The summed E-state index contributed by atoms with van der Waals surface area (Å²) in [6, 6.07) is 2.34. The molecule has 20 heavy (non-hydrogen) atoms. The van der Waals surface area contributed by atoms with Crippen molar-refractivity contribution in [1.29, 1.82) is 0 Å². The summed E-state index contributed by atoms with van der Waals surface area (Å²) in [5, 5.41) is 0. The standard InChI is InChI=1S/C17H38O2Si/c1-5-7-9-10-11-12-13-14-15-17-20(18-3,19-4)16-8-6-2/h5-17H2,1-4H3. The Morgan fingerprint density at radius 1 is 0.550 bits per heavy atom. The van der Waals surface area contributed by atoms with E-state index in [-0.39, 0.29) is 0 Å². The lowest BCUT2D eigenvalue weighted by molar-refractivity contribution is 0.238. The van der Waals surface area contributed by atoms with Crippen LogP contribution in [0.5, 0.6) is 0 Å².